The van der Waals surface area contributed by atoms with Crippen molar-refractivity contribution in [1.82, 2.24) is 0 Å². The zero-order chi connectivity index (χ0) is 16.9. The number of carboxylic acids is 2. The first-order chi connectivity index (χ1) is 9.70. The van der Waals surface area contributed by atoms with Crippen LogP contribution in [0.25, 0.3) is 0 Å². The monoisotopic (exact) mass is 298 g/mol. The summed E-state index contributed by atoms with van der Waals surface area (Å²) in [4.78, 5) is 19.5. The van der Waals surface area contributed by atoms with Gasteiger partial charge in [-0.3, -0.25) is 0 Å². The Hall–Kier alpha value is -2.18. The molecule has 0 aliphatic heterocycles. The fourth-order valence-electron chi connectivity index (χ4n) is 0.631. The lowest BCUT2D eigenvalue weighted by molar-refractivity contribution is -0.131. The Balaban J connectivity index is 0. The van der Waals surface area contributed by atoms with Crippen LogP contribution in [0.15, 0.2) is 43.0 Å². The van der Waals surface area contributed by atoms with E-state index in [1.807, 2.05) is 0 Å². The van der Waals surface area contributed by atoms with Crippen LogP contribution in [0.3, 0.4) is 0 Å². The van der Waals surface area contributed by atoms with Gasteiger partial charge in [0.05, 0.1) is 18.8 Å². The first kappa shape index (κ1) is 21.1. The van der Waals surface area contributed by atoms with Crippen LogP contribution in [-0.4, -0.2) is 45.6 Å². The maximum absolute atomic E-state index is 10.2. The van der Waals surface area contributed by atoms with Crippen molar-refractivity contribution in [1.29, 1.82) is 0 Å². The van der Waals surface area contributed by atoms with Crippen molar-refractivity contribution in [3.05, 3.63) is 48.6 Å². The van der Waals surface area contributed by atoms with E-state index in [-0.39, 0.29) is 18.6 Å². The number of aliphatic carboxylic acids is 1. The second-order valence-electron chi connectivity index (χ2n) is 4.69. The minimum atomic E-state index is -0.981. The van der Waals surface area contributed by atoms with Gasteiger partial charge < -0.3 is 20.4 Å². The number of carboxylic acid groups (broad SMARTS) is 2. The highest BCUT2D eigenvalue weighted by atomic mass is 16.4. The second-order valence-corrected chi connectivity index (χ2v) is 4.69. The lowest BCUT2D eigenvalue weighted by Crippen LogP contribution is -2.20. The Morgan fingerprint density at radius 3 is 1.62 bits per heavy atom. The third-order valence-electron chi connectivity index (χ3n) is 2.05. The van der Waals surface area contributed by atoms with Crippen LogP contribution in [0.2, 0.25) is 0 Å². The number of aromatic carboxylic acids is 1. The molecule has 0 spiro atoms. The zero-order valence-electron chi connectivity index (χ0n) is 12.2. The molecule has 6 nitrogen and oxygen atoms in total. The fraction of sp³-hybridized carbons (Fsp3) is 0.333. The Bertz CT molecular complexity index is 419. The Morgan fingerprint density at radius 2 is 1.48 bits per heavy atom. The van der Waals surface area contributed by atoms with Crippen LogP contribution in [0.5, 0.6) is 0 Å². The SMILES string of the molecule is C=CC(=O)O.CC(C)(CO)CO.O=C(O)c1ccccc1. The molecule has 0 radical (unpaired) electrons. The molecule has 1 rings (SSSR count). The molecule has 6 heteroatoms. The van der Waals surface area contributed by atoms with E-state index in [4.69, 9.17) is 20.4 Å². The van der Waals surface area contributed by atoms with Crippen LogP contribution < -0.4 is 0 Å². The maximum atomic E-state index is 10.2. The minimum Gasteiger partial charge on any atom is -0.478 e. The number of aliphatic hydroxyl groups excluding tert-OH is 2. The average Bonchev–Trinajstić information content (AvgIpc) is 2.49. The molecule has 0 unspecified atom stereocenters. The predicted molar refractivity (Wildman–Crippen MR) is 79.2 cm³/mol. The number of hydrogen-bond acceptors (Lipinski definition) is 4. The molecule has 0 atom stereocenters. The molecule has 1 aromatic carbocycles. The van der Waals surface area contributed by atoms with Crippen LogP contribution in [0, 0.1) is 5.41 Å². The van der Waals surface area contributed by atoms with Gasteiger partial charge in [-0.25, -0.2) is 9.59 Å². The summed E-state index contributed by atoms with van der Waals surface area (Å²) in [6.07, 6.45) is 0.833. The molecule has 0 aliphatic rings. The summed E-state index contributed by atoms with van der Waals surface area (Å²) in [6, 6.07) is 8.30. The Labute approximate surface area is 124 Å². The van der Waals surface area contributed by atoms with Crippen molar-refractivity contribution in [3.8, 4) is 0 Å². The summed E-state index contributed by atoms with van der Waals surface area (Å²) in [5.74, 6) is -1.86. The Kier molecular flexibility index (Phi) is 11.7. The van der Waals surface area contributed by atoms with E-state index in [0.29, 0.717) is 5.56 Å². The standard InChI is InChI=1S/C7H6O2.C5H12O2.C3H4O2/c8-7(9)6-4-2-1-3-5-6;1-5(2,3-6)4-7;1-2-3(4)5/h1-5H,(H,8,9);6-7H,3-4H2,1-2H3;2H,1H2,(H,4,5). The van der Waals surface area contributed by atoms with E-state index in [2.05, 4.69) is 6.58 Å². The summed E-state index contributed by atoms with van der Waals surface area (Å²) in [7, 11) is 0. The van der Waals surface area contributed by atoms with E-state index in [0.717, 1.165) is 6.08 Å². The van der Waals surface area contributed by atoms with Crippen molar-refractivity contribution in [2.75, 3.05) is 13.2 Å². The lowest BCUT2D eigenvalue weighted by Gasteiger charge is -2.16. The normalized spacial score (nSPS) is 9.33. The minimum absolute atomic E-state index is 0.0451. The van der Waals surface area contributed by atoms with Crippen molar-refractivity contribution in [2.24, 2.45) is 5.41 Å². The highest BCUT2D eigenvalue weighted by Crippen LogP contribution is 2.10. The third-order valence-corrected chi connectivity index (χ3v) is 2.05. The molecule has 0 heterocycles. The molecule has 0 saturated carbocycles. The fourth-order valence-corrected chi connectivity index (χ4v) is 0.631. The van der Waals surface area contributed by atoms with Crippen LogP contribution in [0.4, 0.5) is 0 Å². The summed E-state index contributed by atoms with van der Waals surface area (Å²) in [5, 5.41) is 32.9. The van der Waals surface area contributed by atoms with Gasteiger partial charge in [0.25, 0.3) is 0 Å². The molecular weight excluding hydrogens is 276 g/mol. The maximum Gasteiger partial charge on any atom is 0.335 e. The van der Waals surface area contributed by atoms with Gasteiger partial charge in [-0.2, -0.15) is 0 Å². The number of rotatable bonds is 4. The highest BCUT2D eigenvalue weighted by Gasteiger charge is 2.13. The van der Waals surface area contributed by atoms with Gasteiger partial charge in [-0.1, -0.05) is 38.6 Å². The zero-order valence-corrected chi connectivity index (χ0v) is 12.2. The molecule has 118 valence electrons. The topological polar surface area (TPSA) is 115 Å². The van der Waals surface area contributed by atoms with Gasteiger partial charge in [0, 0.05) is 11.5 Å². The van der Waals surface area contributed by atoms with E-state index >= 15 is 0 Å². The molecule has 0 saturated heterocycles. The van der Waals surface area contributed by atoms with Gasteiger partial charge in [0.15, 0.2) is 0 Å². The number of carbonyl (C=O) groups is 2. The first-order valence-corrected chi connectivity index (χ1v) is 6.05. The van der Waals surface area contributed by atoms with Gasteiger partial charge in [-0.05, 0) is 12.1 Å². The van der Waals surface area contributed by atoms with E-state index in [9.17, 15) is 9.59 Å². The van der Waals surface area contributed by atoms with Crippen LogP contribution in [-0.2, 0) is 4.79 Å². The van der Waals surface area contributed by atoms with Crippen molar-refractivity contribution in [3.63, 3.8) is 0 Å². The molecule has 0 aliphatic carbocycles. The Morgan fingerprint density at radius 1 is 1.10 bits per heavy atom. The summed E-state index contributed by atoms with van der Waals surface area (Å²) >= 11 is 0. The summed E-state index contributed by atoms with van der Waals surface area (Å²) in [6.45, 7) is 6.65. The highest BCUT2D eigenvalue weighted by molar-refractivity contribution is 5.87. The first-order valence-electron chi connectivity index (χ1n) is 6.05. The van der Waals surface area contributed by atoms with Crippen molar-refractivity contribution in [2.45, 2.75) is 13.8 Å². The van der Waals surface area contributed by atoms with Crippen molar-refractivity contribution >= 4 is 11.9 Å². The summed E-state index contributed by atoms with van der Waals surface area (Å²) < 4.78 is 0. The van der Waals surface area contributed by atoms with Gasteiger partial charge >= 0.3 is 11.9 Å². The van der Waals surface area contributed by atoms with Crippen LogP contribution >= 0.6 is 0 Å². The quantitative estimate of drug-likeness (QED) is 0.628. The van der Waals surface area contributed by atoms with E-state index < -0.39 is 11.9 Å². The largest absolute Gasteiger partial charge is 0.478 e. The van der Waals surface area contributed by atoms with Gasteiger partial charge in [0.1, 0.15) is 0 Å². The molecule has 0 fully saturated rings. The van der Waals surface area contributed by atoms with Crippen LogP contribution in [0.1, 0.15) is 24.2 Å². The van der Waals surface area contributed by atoms with E-state index in [1.54, 1.807) is 44.2 Å². The summed E-state index contributed by atoms with van der Waals surface area (Å²) in [5.41, 5.74) is 0.0255. The molecule has 4 N–H and O–H groups in total. The lowest BCUT2D eigenvalue weighted by atomic mass is 9.97. The van der Waals surface area contributed by atoms with Gasteiger partial charge in [0.2, 0.25) is 0 Å². The third kappa shape index (κ3) is 14.0. The number of aliphatic hydroxyl groups is 2. The molecule has 1 aromatic rings. The van der Waals surface area contributed by atoms with Gasteiger partial charge in [-0.15, -0.1) is 0 Å². The molecule has 0 amide bonds. The van der Waals surface area contributed by atoms with E-state index in [1.165, 1.54) is 0 Å². The second kappa shape index (κ2) is 11.6. The predicted octanol–water partition coefficient (Wildman–Crippen LogP) is 1.64. The number of benzene rings is 1. The molecule has 0 bridgehead atoms. The average molecular weight is 298 g/mol. The molecular formula is C15H22O6. The van der Waals surface area contributed by atoms with Crippen molar-refractivity contribution < 1.29 is 30.0 Å². The number of hydrogen-bond donors (Lipinski definition) is 4. The molecule has 21 heavy (non-hydrogen) atoms. The molecule has 0 aromatic heterocycles. The smallest absolute Gasteiger partial charge is 0.335 e.